The van der Waals surface area contributed by atoms with E-state index in [4.69, 9.17) is 4.74 Å². The second-order valence-corrected chi connectivity index (χ2v) is 3.24. The largest absolute Gasteiger partial charge is 0.481 e. The van der Waals surface area contributed by atoms with Crippen LogP contribution in [-0.2, 0) is 0 Å². The molecule has 0 atom stereocenters. The quantitative estimate of drug-likeness (QED) is 0.748. The Balaban J connectivity index is 3.42. The number of aromatic amines is 1. The van der Waals surface area contributed by atoms with Gasteiger partial charge in [0.1, 0.15) is 5.69 Å². The van der Waals surface area contributed by atoms with E-state index in [9.17, 15) is 4.79 Å². The maximum absolute atomic E-state index is 11.6. The highest BCUT2D eigenvalue weighted by molar-refractivity contribution is 5.29. The standard InChI is InChI=1S/C9H14N2O2/c1-5(2)7-8(12)6(3)10-11-9(7)13-4/h5H,1-4H3,(H,11,12). The summed E-state index contributed by atoms with van der Waals surface area (Å²) in [7, 11) is 1.52. The van der Waals surface area contributed by atoms with Crippen molar-refractivity contribution in [3.63, 3.8) is 0 Å². The molecule has 1 heterocycles. The molecule has 4 heteroatoms. The Bertz CT molecular complexity index is 355. The predicted molar refractivity (Wildman–Crippen MR) is 50.2 cm³/mol. The molecule has 0 aliphatic carbocycles. The lowest BCUT2D eigenvalue weighted by Crippen LogP contribution is -2.18. The van der Waals surface area contributed by atoms with Gasteiger partial charge in [-0.15, -0.1) is 0 Å². The molecule has 0 fully saturated rings. The zero-order valence-electron chi connectivity index (χ0n) is 8.34. The first-order valence-electron chi connectivity index (χ1n) is 4.21. The minimum atomic E-state index is -0.0365. The van der Waals surface area contributed by atoms with Crippen LogP contribution in [0, 0.1) is 6.92 Å². The number of methoxy groups -OCH3 is 1. The van der Waals surface area contributed by atoms with Gasteiger partial charge in [0, 0.05) is 0 Å². The number of nitrogens with zero attached hydrogens (tertiary/aromatic N) is 1. The second-order valence-electron chi connectivity index (χ2n) is 3.24. The van der Waals surface area contributed by atoms with Crippen LogP contribution in [0.15, 0.2) is 4.79 Å². The molecule has 0 aliphatic rings. The zero-order valence-corrected chi connectivity index (χ0v) is 8.34. The minimum Gasteiger partial charge on any atom is -0.481 e. The first-order valence-corrected chi connectivity index (χ1v) is 4.21. The van der Waals surface area contributed by atoms with Crippen molar-refractivity contribution in [2.45, 2.75) is 26.7 Å². The Hall–Kier alpha value is -1.32. The van der Waals surface area contributed by atoms with E-state index in [1.165, 1.54) is 7.11 Å². The summed E-state index contributed by atoms with van der Waals surface area (Å²) in [6.45, 7) is 5.59. The molecule has 4 nitrogen and oxygen atoms in total. The van der Waals surface area contributed by atoms with Crippen molar-refractivity contribution in [2.24, 2.45) is 0 Å². The average molecular weight is 182 g/mol. The van der Waals surface area contributed by atoms with E-state index in [1.807, 2.05) is 13.8 Å². The fraction of sp³-hybridized carbons (Fsp3) is 0.556. The third-order valence-electron chi connectivity index (χ3n) is 1.92. The van der Waals surface area contributed by atoms with Crippen LogP contribution in [0.3, 0.4) is 0 Å². The van der Waals surface area contributed by atoms with Crippen LogP contribution in [0.2, 0.25) is 0 Å². The Kier molecular flexibility index (Phi) is 2.70. The van der Waals surface area contributed by atoms with Crippen molar-refractivity contribution < 1.29 is 4.74 Å². The molecule has 0 bridgehead atoms. The molecule has 0 saturated heterocycles. The van der Waals surface area contributed by atoms with Gasteiger partial charge in [0.15, 0.2) is 0 Å². The van der Waals surface area contributed by atoms with E-state index in [0.717, 1.165) is 0 Å². The molecule has 72 valence electrons. The molecule has 0 saturated carbocycles. The summed E-state index contributed by atoms with van der Waals surface area (Å²) in [6.07, 6.45) is 0. The first-order chi connectivity index (χ1) is 6.07. The van der Waals surface area contributed by atoms with Crippen LogP contribution in [0.25, 0.3) is 0 Å². The van der Waals surface area contributed by atoms with Crippen LogP contribution in [0.5, 0.6) is 5.88 Å². The molecule has 1 aromatic heterocycles. The number of aryl methyl sites for hydroxylation is 1. The topological polar surface area (TPSA) is 55.0 Å². The van der Waals surface area contributed by atoms with Crippen LogP contribution >= 0.6 is 0 Å². The average Bonchev–Trinajstić information content (AvgIpc) is 2.08. The van der Waals surface area contributed by atoms with Gasteiger partial charge in [-0.25, -0.2) is 5.10 Å². The van der Waals surface area contributed by atoms with Crippen molar-refractivity contribution in [2.75, 3.05) is 7.11 Å². The highest BCUT2D eigenvalue weighted by atomic mass is 16.5. The molecule has 0 unspecified atom stereocenters. The van der Waals surface area contributed by atoms with Crippen LogP contribution in [0.1, 0.15) is 31.0 Å². The fourth-order valence-electron chi connectivity index (χ4n) is 1.22. The number of hydrogen-bond acceptors (Lipinski definition) is 3. The molecular formula is C9H14N2O2. The van der Waals surface area contributed by atoms with E-state index in [0.29, 0.717) is 17.1 Å². The summed E-state index contributed by atoms with van der Waals surface area (Å²) in [6, 6.07) is 0. The number of rotatable bonds is 2. The van der Waals surface area contributed by atoms with Gasteiger partial charge in [-0.2, -0.15) is 5.10 Å². The smallest absolute Gasteiger partial charge is 0.214 e. The second kappa shape index (κ2) is 3.60. The summed E-state index contributed by atoms with van der Waals surface area (Å²) in [5, 5.41) is 6.53. The van der Waals surface area contributed by atoms with Gasteiger partial charge < -0.3 is 4.74 Å². The third-order valence-corrected chi connectivity index (χ3v) is 1.92. The maximum Gasteiger partial charge on any atom is 0.214 e. The number of nitrogens with one attached hydrogen (secondary N) is 1. The van der Waals surface area contributed by atoms with Gasteiger partial charge >= 0.3 is 0 Å². The molecule has 1 N–H and O–H groups in total. The lowest BCUT2D eigenvalue weighted by atomic mass is 10.0. The maximum atomic E-state index is 11.6. The summed E-state index contributed by atoms with van der Waals surface area (Å²) in [5.41, 5.74) is 1.10. The van der Waals surface area contributed by atoms with Crippen molar-refractivity contribution in [3.05, 3.63) is 21.5 Å². The lowest BCUT2D eigenvalue weighted by molar-refractivity contribution is 0.382. The highest BCUT2D eigenvalue weighted by Gasteiger charge is 2.14. The molecule has 0 radical (unpaired) electrons. The van der Waals surface area contributed by atoms with Gasteiger partial charge in [-0.05, 0) is 12.8 Å². The SMILES string of the molecule is COc1[nH]nc(C)c(=O)c1C(C)C. The van der Waals surface area contributed by atoms with Crippen molar-refractivity contribution in [1.29, 1.82) is 0 Å². The molecular weight excluding hydrogens is 168 g/mol. The highest BCUT2D eigenvalue weighted by Crippen LogP contribution is 2.18. The summed E-state index contributed by atoms with van der Waals surface area (Å²) >= 11 is 0. The van der Waals surface area contributed by atoms with Crippen LogP contribution < -0.4 is 10.2 Å². The van der Waals surface area contributed by atoms with E-state index in [1.54, 1.807) is 6.92 Å². The van der Waals surface area contributed by atoms with Gasteiger partial charge in [-0.1, -0.05) is 13.8 Å². The molecule has 0 aliphatic heterocycles. The minimum absolute atomic E-state index is 0.0365. The van der Waals surface area contributed by atoms with Gasteiger partial charge in [0.2, 0.25) is 11.3 Å². The van der Waals surface area contributed by atoms with E-state index >= 15 is 0 Å². The Labute approximate surface area is 76.9 Å². The summed E-state index contributed by atoms with van der Waals surface area (Å²) in [4.78, 5) is 11.6. The third kappa shape index (κ3) is 1.71. The number of aromatic nitrogens is 2. The lowest BCUT2D eigenvalue weighted by Gasteiger charge is -2.09. The molecule has 1 aromatic rings. The Morgan fingerprint density at radius 2 is 2.08 bits per heavy atom. The van der Waals surface area contributed by atoms with Crippen molar-refractivity contribution in [1.82, 2.24) is 10.2 Å². The Morgan fingerprint density at radius 3 is 2.54 bits per heavy atom. The van der Waals surface area contributed by atoms with Crippen LogP contribution in [-0.4, -0.2) is 17.3 Å². The molecule has 1 rings (SSSR count). The normalized spacial score (nSPS) is 10.5. The van der Waals surface area contributed by atoms with E-state index in [-0.39, 0.29) is 11.3 Å². The molecule has 0 spiro atoms. The summed E-state index contributed by atoms with van der Waals surface area (Å²) < 4.78 is 5.02. The fourth-order valence-corrected chi connectivity index (χ4v) is 1.22. The van der Waals surface area contributed by atoms with E-state index in [2.05, 4.69) is 10.2 Å². The zero-order chi connectivity index (χ0) is 10.0. The molecule has 13 heavy (non-hydrogen) atoms. The van der Waals surface area contributed by atoms with Gasteiger partial charge in [-0.3, -0.25) is 4.79 Å². The van der Waals surface area contributed by atoms with Gasteiger partial charge in [0.25, 0.3) is 0 Å². The monoisotopic (exact) mass is 182 g/mol. The van der Waals surface area contributed by atoms with Crippen molar-refractivity contribution in [3.8, 4) is 5.88 Å². The predicted octanol–water partition coefficient (Wildman–Crippen LogP) is 1.21. The van der Waals surface area contributed by atoms with E-state index < -0.39 is 0 Å². The Morgan fingerprint density at radius 1 is 1.46 bits per heavy atom. The molecule has 0 aromatic carbocycles. The molecule has 0 amide bonds. The van der Waals surface area contributed by atoms with Crippen molar-refractivity contribution >= 4 is 0 Å². The van der Waals surface area contributed by atoms with Gasteiger partial charge in [0.05, 0.1) is 12.7 Å². The summed E-state index contributed by atoms with van der Waals surface area (Å²) in [5.74, 6) is 0.603. The number of hydrogen-bond donors (Lipinski definition) is 1. The number of H-pyrrole nitrogens is 1. The van der Waals surface area contributed by atoms with Crippen LogP contribution in [0.4, 0.5) is 0 Å². The number of ether oxygens (including phenoxy) is 1. The first kappa shape index (κ1) is 9.77.